The first-order chi connectivity index (χ1) is 14.1. The van der Waals surface area contributed by atoms with Crippen molar-refractivity contribution >= 4 is 44.0 Å². The van der Waals surface area contributed by atoms with Crippen LogP contribution in [0.5, 0.6) is 0 Å². The normalized spacial score (nSPS) is 11.9. The molecular weight excluding hydrogens is 444 g/mol. The van der Waals surface area contributed by atoms with Gasteiger partial charge in [-0.1, -0.05) is 23.7 Å². The number of carbonyl (C=O) groups is 1. The highest BCUT2D eigenvalue weighted by molar-refractivity contribution is 7.93. The van der Waals surface area contributed by atoms with Gasteiger partial charge in [0.05, 0.1) is 4.90 Å². The van der Waals surface area contributed by atoms with Gasteiger partial charge >= 0.3 is 0 Å². The van der Waals surface area contributed by atoms with Crippen LogP contribution in [-0.2, 0) is 22.1 Å². The minimum atomic E-state index is -3.76. The van der Waals surface area contributed by atoms with E-state index in [1.165, 1.54) is 41.8 Å². The number of nitrogens with one attached hydrogen (secondary N) is 2. The van der Waals surface area contributed by atoms with Crippen LogP contribution in [0.25, 0.3) is 0 Å². The van der Waals surface area contributed by atoms with Crippen LogP contribution < -0.4 is 15.8 Å². The van der Waals surface area contributed by atoms with Gasteiger partial charge in [-0.15, -0.1) is 11.3 Å². The van der Waals surface area contributed by atoms with Crippen molar-refractivity contribution in [3.63, 3.8) is 0 Å². The summed E-state index contributed by atoms with van der Waals surface area (Å²) in [7, 11) is -3.76. The van der Waals surface area contributed by atoms with Crippen LogP contribution in [0.15, 0.2) is 58.9 Å². The summed E-state index contributed by atoms with van der Waals surface area (Å²) in [6.07, 6.45) is 1.51. The fraction of sp³-hybridized carbons (Fsp3) is 0.200. The molecule has 0 fully saturated rings. The van der Waals surface area contributed by atoms with E-state index in [9.17, 15) is 13.2 Å². The Labute approximate surface area is 184 Å². The number of sulfonamides is 1. The third-order valence-corrected chi connectivity index (χ3v) is 6.75. The number of hydrogen-bond donors (Lipinski definition) is 3. The van der Waals surface area contributed by atoms with E-state index in [-0.39, 0.29) is 22.5 Å². The predicted molar refractivity (Wildman–Crippen MR) is 119 cm³/mol. The summed E-state index contributed by atoms with van der Waals surface area (Å²) >= 11 is 7.48. The van der Waals surface area contributed by atoms with E-state index in [0.717, 1.165) is 11.1 Å². The van der Waals surface area contributed by atoms with Crippen molar-refractivity contribution < 1.29 is 13.2 Å². The van der Waals surface area contributed by atoms with Gasteiger partial charge in [0.1, 0.15) is 0 Å². The van der Waals surface area contributed by atoms with Crippen molar-refractivity contribution in [2.24, 2.45) is 5.73 Å². The second-order valence-corrected chi connectivity index (χ2v) is 10.2. The van der Waals surface area contributed by atoms with E-state index in [4.69, 9.17) is 17.3 Å². The molecule has 3 rings (SSSR count). The molecule has 0 saturated carbocycles. The molecule has 4 N–H and O–H groups in total. The van der Waals surface area contributed by atoms with E-state index >= 15 is 0 Å². The Morgan fingerprint density at radius 1 is 1.20 bits per heavy atom. The molecule has 0 aliphatic rings. The maximum atomic E-state index is 12.4. The molecule has 0 saturated heterocycles. The number of anilines is 1. The number of benzene rings is 2. The second-order valence-electron chi connectivity index (χ2n) is 7.19. The molecule has 30 heavy (non-hydrogen) atoms. The first kappa shape index (κ1) is 22.2. The van der Waals surface area contributed by atoms with Crippen LogP contribution in [-0.4, -0.2) is 19.3 Å². The van der Waals surface area contributed by atoms with Crippen molar-refractivity contribution in [2.45, 2.75) is 30.8 Å². The Morgan fingerprint density at radius 3 is 2.47 bits per heavy atom. The van der Waals surface area contributed by atoms with Crippen molar-refractivity contribution in [3.05, 3.63) is 75.8 Å². The van der Waals surface area contributed by atoms with Crippen molar-refractivity contribution in [2.75, 3.05) is 4.72 Å². The van der Waals surface area contributed by atoms with Crippen LogP contribution in [0.2, 0.25) is 5.02 Å². The third kappa shape index (κ3) is 5.37. The van der Waals surface area contributed by atoms with Crippen LogP contribution >= 0.6 is 22.9 Å². The van der Waals surface area contributed by atoms with Gasteiger partial charge in [0.2, 0.25) is 0 Å². The molecule has 158 valence electrons. The second kappa shape index (κ2) is 8.73. The molecule has 1 heterocycles. The Balaban J connectivity index is 1.64. The largest absolute Gasteiger partial charge is 0.348 e. The number of amides is 1. The van der Waals surface area contributed by atoms with Crippen molar-refractivity contribution in [1.29, 1.82) is 0 Å². The van der Waals surface area contributed by atoms with Gasteiger partial charge in [0.25, 0.3) is 15.9 Å². The SMILES string of the molecule is CC(C)(N)c1ccc(CNC(=O)c2ccc(S(=O)(=O)Nc3nccs3)cc2)cc1Cl. The lowest BCUT2D eigenvalue weighted by molar-refractivity contribution is 0.0951. The molecule has 10 heteroatoms. The highest BCUT2D eigenvalue weighted by Crippen LogP contribution is 2.26. The quantitative estimate of drug-likeness (QED) is 0.493. The molecule has 0 bridgehead atoms. The summed E-state index contributed by atoms with van der Waals surface area (Å²) < 4.78 is 27.1. The van der Waals surface area contributed by atoms with E-state index in [2.05, 4.69) is 15.0 Å². The Kier molecular flexibility index (Phi) is 6.47. The molecule has 7 nitrogen and oxygen atoms in total. The average molecular weight is 465 g/mol. The molecule has 1 amide bonds. The van der Waals surface area contributed by atoms with E-state index < -0.39 is 15.6 Å². The number of nitrogens with zero attached hydrogens (tertiary/aromatic N) is 1. The lowest BCUT2D eigenvalue weighted by Gasteiger charge is -2.21. The maximum Gasteiger partial charge on any atom is 0.263 e. The topological polar surface area (TPSA) is 114 Å². The van der Waals surface area contributed by atoms with Gasteiger partial charge in [-0.05, 0) is 55.3 Å². The molecule has 0 unspecified atom stereocenters. The summed E-state index contributed by atoms with van der Waals surface area (Å²) in [6.45, 7) is 4.01. The molecule has 1 aromatic heterocycles. The van der Waals surface area contributed by atoms with Crippen LogP contribution in [0.3, 0.4) is 0 Å². The molecule has 2 aromatic carbocycles. The Bertz CT molecular complexity index is 1140. The van der Waals surface area contributed by atoms with Crippen molar-refractivity contribution in [3.8, 4) is 0 Å². The smallest absolute Gasteiger partial charge is 0.263 e. The first-order valence-electron chi connectivity index (χ1n) is 8.94. The molecule has 0 spiro atoms. The molecule has 0 radical (unpaired) electrons. The summed E-state index contributed by atoms with van der Waals surface area (Å²) in [5, 5.41) is 5.28. The standard InChI is InChI=1S/C20H21ClN4O3S2/c1-20(2,22)16-8-3-13(11-17(16)21)12-24-18(26)14-4-6-15(7-5-14)30(27,28)25-19-23-9-10-29-19/h3-11H,12,22H2,1-2H3,(H,23,25)(H,24,26). The number of carbonyl (C=O) groups excluding carboxylic acids is 1. The molecule has 3 aromatic rings. The number of rotatable bonds is 7. The van der Waals surface area contributed by atoms with Crippen molar-refractivity contribution in [1.82, 2.24) is 10.3 Å². The predicted octanol–water partition coefficient (Wildman–Crippen LogP) is 3.72. The van der Waals surface area contributed by atoms with Crippen LogP contribution in [0.4, 0.5) is 5.13 Å². The van der Waals surface area contributed by atoms with Gasteiger partial charge < -0.3 is 11.1 Å². The number of nitrogens with two attached hydrogens (primary N) is 1. The zero-order valence-electron chi connectivity index (χ0n) is 16.3. The van der Waals surface area contributed by atoms with Gasteiger partial charge in [-0.2, -0.15) is 0 Å². The maximum absolute atomic E-state index is 12.4. The minimum absolute atomic E-state index is 0.0426. The highest BCUT2D eigenvalue weighted by Gasteiger charge is 2.18. The monoisotopic (exact) mass is 464 g/mol. The molecule has 0 atom stereocenters. The lowest BCUT2D eigenvalue weighted by atomic mass is 9.94. The summed E-state index contributed by atoms with van der Waals surface area (Å²) in [5.41, 5.74) is 7.51. The molecule has 0 aliphatic heterocycles. The summed E-state index contributed by atoms with van der Waals surface area (Å²) in [6, 6.07) is 11.1. The van der Waals surface area contributed by atoms with E-state index in [1.54, 1.807) is 11.4 Å². The first-order valence-corrected chi connectivity index (χ1v) is 11.7. The van der Waals surface area contributed by atoms with Crippen LogP contribution in [0, 0.1) is 0 Å². The van der Waals surface area contributed by atoms with E-state index in [0.29, 0.717) is 10.6 Å². The zero-order chi connectivity index (χ0) is 21.9. The fourth-order valence-corrected chi connectivity index (χ4v) is 4.94. The lowest BCUT2D eigenvalue weighted by Crippen LogP contribution is -2.29. The molecular formula is C20H21ClN4O3S2. The third-order valence-electron chi connectivity index (χ3n) is 4.26. The zero-order valence-corrected chi connectivity index (χ0v) is 18.7. The van der Waals surface area contributed by atoms with Gasteiger partial charge in [0, 0.05) is 34.2 Å². The Morgan fingerprint density at radius 2 is 1.90 bits per heavy atom. The highest BCUT2D eigenvalue weighted by atomic mass is 35.5. The number of aromatic nitrogens is 1. The number of thiazole rings is 1. The molecule has 0 aliphatic carbocycles. The number of halogens is 1. The average Bonchev–Trinajstić information content (AvgIpc) is 3.17. The van der Waals surface area contributed by atoms with Gasteiger partial charge in [0.15, 0.2) is 5.13 Å². The number of hydrogen-bond acceptors (Lipinski definition) is 6. The summed E-state index contributed by atoms with van der Waals surface area (Å²) in [4.78, 5) is 16.4. The fourth-order valence-electron chi connectivity index (χ4n) is 2.71. The minimum Gasteiger partial charge on any atom is -0.348 e. The van der Waals surface area contributed by atoms with Crippen LogP contribution in [0.1, 0.15) is 35.3 Å². The van der Waals surface area contributed by atoms with Gasteiger partial charge in [-0.25, -0.2) is 13.4 Å². The van der Waals surface area contributed by atoms with E-state index in [1.807, 2.05) is 26.0 Å². The van der Waals surface area contributed by atoms with Gasteiger partial charge in [-0.3, -0.25) is 9.52 Å². The summed E-state index contributed by atoms with van der Waals surface area (Å²) in [5.74, 6) is -0.328. The Hall–Kier alpha value is -2.46.